The largest absolute Gasteiger partial charge is 1.00 e. The van der Waals surface area contributed by atoms with Crippen molar-refractivity contribution in [3.63, 3.8) is 0 Å². The fraction of sp³-hybridized carbons (Fsp3) is 0.146. The quantitative estimate of drug-likeness (QED) is 0.137. The first-order valence-corrected chi connectivity index (χ1v) is 15.0. The van der Waals surface area contributed by atoms with E-state index in [1.54, 1.807) is 18.2 Å². The monoisotopic (exact) mass is 618 g/mol. The molecule has 0 unspecified atom stereocenters. The summed E-state index contributed by atoms with van der Waals surface area (Å²) in [5.74, 6) is 0.675. The van der Waals surface area contributed by atoms with Gasteiger partial charge in [0.15, 0.2) is 0 Å². The van der Waals surface area contributed by atoms with Crippen LogP contribution in [0, 0.1) is 13.8 Å². The summed E-state index contributed by atoms with van der Waals surface area (Å²) in [6.45, 7) is 8.99. The summed E-state index contributed by atoms with van der Waals surface area (Å²) in [6, 6.07) is 39.4. The Morgan fingerprint density at radius 2 is 1.17 bits per heavy atom. The third kappa shape index (κ3) is 10.9. The summed E-state index contributed by atoms with van der Waals surface area (Å²) in [7, 11) is 0. The number of rotatable bonds is 12. The fourth-order valence-corrected chi connectivity index (χ4v) is 4.91. The molecule has 0 aliphatic carbocycles. The minimum atomic E-state index is -1.15. The van der Waals surface area contributed by atoms with E-state index < -0.39 is 5.97 Å². The van der Waals surface area contributed by atoms with Gasteiger partial charge < -0.3 is 19.4 Å². The third-order valence-electron chi connectivity index (χ3n) is 7.22. The summed E-state index contributed by atoms with van der Waals surface area (Å²) in [5.41, 5.74) is 7.65. The summed E-state index contributed by atoms with van der Waals surface area (Å²) in [4.78, 5) is 11.2. The van der Waals surface area contributed by atoms with Crippen molar-refractivity contribution >= 4 is 12.0 Å². The molecule has 0 saturated carbocycles. The summed E-state index contributed by atoms with van der Waals surface area (Å²) in [5, 5.41) is 11.2. The number of hydrogen-bond acceptors (Lipinski definition) is 4. The molecule has 0 heterocycles. The maximum Gasteiger partial charge on any atom is 1.00 e. The van der Waals surface area contributed by atoms with Gasteiger partial charge in [-0.3, -0.25) is 0 Å². The molecule has 0 fully saturated rings. The van der Waals surface area contributed by atoms with Gasteiger partial charge >= 0.3 is 29.6 Å². The Morgan fingerprint density at radius 1 is 0.652 bits per heavy atom. The van der Waals surface area contributed by atoms with Crippen LogP contribution in [-0.2, 0) is 26.1 Å². The molecular weight excluding hydrogens is 579 g/mol. The maximum atomic E-state index is 11.2. The van der Waals surface area contributed by atoms with Gasteiger partial charge in [-0.05, 0) is 60.1 Å². The first-order valence-electron chi connectivity index (χ1n) is 15.0. The standard InChI is InChI=1S/C24H22O3.C17H18O.Na/c1-18-9-7-14-21(23(18)27-17-19-10-3-2-4-11-19)15-8-13-20-12-5-6-16-22(20)24(25)26;1-3-8-16-12-7-9-14(2)17(16)18-13-15-10-5-4-6-11-15;/h2-12,14-16H,13,17H2,1H3,(H,25,26);3-7,9-12H,1,8,13H2,2H3;/q;;+1/p-1/b15-8+;;. The SMILES string of the molecule is C=CCc1cccc(C)c1OCc1ccccc1.Cc1cccc(/C=C/Cc2ccccc2C(=O)[O-])c1OCc1ccccc1.[Na+]. The average Bonchev–Trinajstić information content (AvgIpc) is 3.06. The minimum absolute atomic E-state index is 0. The van der Waals surface area contributed by atoms with Crippen molar-refractivity contribution in [3.05, 3.63) is 185 Å². The molecule has 0 radical (unpaired) electrons. The van der Waals surface area contributed by atoms with E-state index in [4.69, 9.17) is 9.47 Å². The number of allylic oxidation sites excluding steroid dienone is 2. The average molecular weight is 619 g/mol. The van der Waals surface area contributed by atoms with Crippen molar-refractivity contribution in [2.75, 3.05) is 0 Å². The van der Waals surface area contributed by atoms with Crippen LogP contribution < -0.4 is 44.1 Å². The van der Waals surface area contributed by atoms with Crippen LogP contribution in [0.2, 0.25) is 0 Å². The van der Waals surface area contributed by atoms with Crippen LogP contribution in [0.15, 0.2) is 140 Å². The van der Waals surface area contributed by atoms with Gasteiger partial charge in [0, 0.05) is 11.1 Å². The van der Waals surface area contributed by atoms with Gasteiger partial charge in [-0.1, -0.05) is 140 Å². The molecule has 0 atom stereocenters. The third-order valence-corrected chi connectivity index (χ3v) is 7.22. The van der Waals surface area contributed by atoms with Crippen LogP contribution in [0.5, 0.6) is 11.5 Å². The smallest absolute Gasteiger partial charge is 0.545 e. The van der Waals surface area contributed by atoms with E-state index >= 15 is 0 Å². The number of carboxylic acid groups (broad SMARTS) is 1. The predicted molar refractivity (Wildman–Crippen MR) is 181 cm³/mol. The van der Waals surface area contributed by atoms with Gasteiger partial charge in [0.2, 0.25) is 0 Å². The normalized spacial score (nSPS) is 10.3. The summed E-state index contributed by atoms with van der Waals surface area (Å²) < 4.78 is 12.0. The molecule has 228 valence electrons. The number of carbonyl (C=O) groups is 1. The summed E-state index contributed by atoms with van der Waals surface area (Å²) in [6.07, 6.45) is 7.18. The zero-order valence-corrected chi connectivity index (χ0v) is 28.9. The molecular formula is C41H39NaO4. The summed E-state index contributed by atoms with van der Waals surface area (Å²) >= 11 is 0. The van der Waals surface area contributed by atoms with Gasteiger partial charge in [-0.25, -0.2) is 0 Å². The topological polar surface area (TPSA) is 58.6 Å². The molecule has 46 heavy (non-hydrogen) atoms. The molecule has 0 amide bonds. The van der Waals surface area contributed by atoms with Crippen LogP contribution >= 0.6 is 0 Å². The van der Waals surface area contributed by atoms with E-state index in [1.807, 2.05) is 97.9 Å². The number of benzene rings is 5. The first kappa shape index (κ1) is 36.1. The Kier molecular flexibility index (Phi) is 15.1. The van der Waals surface area contributed by atoms with Gasteiger partial charge in [-0.2, -0.15) is 0 Å². The van der Waals surface area contributed by atoms with Crippen molar-refractivity contribution in [3.8, 4) is 11.5 Å². The van der Waals surface area contributed by atoms with Crippen molar-refractivity contribution in [2.24, 2.45) is 0 Å². The number of hydrogen-bond donors (Lipinski definition) is 0. The molecule has 0 aliphatic rings. The zero-order chi connectivity index (χ0) is 31.9. The van der Waals surface area contributed by atoms with Gasteiger partial charge in [0.25, 0.3) is 0 Å². The van der Waals surface area contributed by atoms with Crippen LogP contribution in [0.4, 0.5) is 0 Å². The van der Waals surface area contributed by atoms with Crippen molar-refractivity contribution in [1.29, 1.82) is 0 Å². The molecule has 4 nitrogen and oxygen atoms in total. The molecule has 0 saturated heterocycles. The van der Waals surface area contributed by atoms with Gasteiger partial charge in [-0.15, -0.1) is 6.58 Å². The molecule has 5 aromatic rings. The molecule has 5 heteroatoms. The van der Waals surface area contributed by atoms with E-state index in [1.165, 1.54) is 16.7 Å². The molecule has 5 rings (SSSR count). The van der Waals surface area contributed by atoms with Crippen LogP contribution in [0.25, 0.3) is 6.08 Å². The fourth-order valence-electron chi connectivity index (χ4n) is 4.91. The predicted octanol–water partition coefficient (Wildman–Crippen LogP) is 5.50. The Morgan fingerprint density at radius 3 is 1.78 bits per heavy atom. The number of ether oxygens (including phenoxy) is 2. The number of para-hydroxylation sites is 2. The molecule has 5 aromatic carbocycles. The van der Waals surface area contributed by atoms with Crippen LogP contribution in [0.3, 0.4) is 0 Å². The Balaban J connectivity index is 0.000000265. The van der Waals surface area contributed by atoms with E-state index in [0.717, 1.165) is 40.2 Å². The molecule has 0 aromatic heterocycles. The Labute approximate surface area is 295 Å². The second-order valence-electron chi connectivity index (χ2n) is 10.6. The van der Waals surface area contributed by atoms with Crippen LogP contribution in [0.1, 0.15) is 49.3 Å². The second kappa shape index (κ2) is 19.2. The molecule has 0 aliphatic heterocycles. The minimum Gasteiger partial charge on any atom is -0.545 e. The Bertz CT molecular complexity index is 1710. The Hall–Kier alpha value is -4.35. The number of carbonyl (C=O) groups excluding carboxylic acids is 1. The van der Waals surface area contributed by atoms with Gasteiger partial charge in [0.05, 0.1) is 5.97 Å². The number of aryl methyl sites for hydroxylation is 2. The van der Waals surface area contributed by atoms with E-state index in [9.17, 15) is 9.90 Å². The molecule has 0 bridgehead atoms. The number of carboxylic acids is 1. The van der Waals surface area contributed by atoms with Crippen molar-refractivity contribution in [2.45, 2.75) is 39.9 Å². The first-order chi connectivity index (χ1) is 22.0. The second-order valence-corrected chi connectivity index (χ2v) is 10.6. The number of aromatic carboxylic acids is 1. The van der Waals surface area contributed by atoms with Crippen LogP contribution in [-0.4, -0.2) is 5.97 Å². The molecule has 0 N–H and O–H groups in total. The van der Waals surface area contributed by atoms with E-state index in [2.05, 4.69) is 43.8 Å². The van der Waals surface area contributed by atoms with E-state index in [0.29, 0.717) is 19.6 Å². The van der Waals surface area contributed by atoms with Crippen molar-refractivity contribution < 1.29 is 48.9 Å². The van der Waals surface area contributed by atoms with Crippen molar-refractivity contribution in [1.82, 2.24) is 0 Å². The maximum absolute atomic E-state index is 11.2. The molecule has 0 spiro atoms. The van der Waals surface area contributed by atoms with E-state index in [-0.39, 0.29) is 35.1 Å². The zero-order valence-electron chi connectivity index (χ0n) is 26.9. The van der Waals surface area contributed by atoms with Gasteiger partial charge in [0.1, 0.15) is 24.7 Å².